The van der Waals surface area contributed by atoms with Gasteiger partial charge in [-0.15, -0.1) is 0 Å². The molecule has 118 valence electrons. The van der Waals surface area contributed by atoms with Crippen LogP contribution >= 0.6 is 15.9 Å². The van der Waals surface area contributed by atoms with Crippen molar-refractivity contribution in [3.05, 3.63) is 64.1 Å². The molecule has 0 fully saturated rings. The number of nitriles is 1. The van der Waals surface area contributed by atoms with Crippen molar-refractivity contribution in [2.75, 3.05) is 11.9 Å². The maximum Gasteiger partial charge on any atom is 0.279 e. The van der Waals surface area contributed by atoms with Crippen LogP contribution in [0, 0.1) is 11.3 Å². The Morgan fingerprint density at radius 2 is 2.04 bits per heavy atom. The Kier molecular flexibility index (Phi) is 6.33. The molecule has 0 heterocycles. The molecule has 23 heavy (non-hydrogen) atoms. The van der Waals surface area contributed by atoms with Crippen molar-refractivity contribution < 1.29 is 10.1 Å². The smallest absolute Gasteiger partial charge is 0.279 e. The Morgan fingerprint density at radius 3 is 2.70 bits per heavy atom. The average Bonchev–Trinajstić information content (AvgIpc) is 2.57. The summed E-state index contributed by atoms with van der Waals surface area (Å²) in [4.78, 5) is 12.1. The number of benzene rings is 2. The van der Waals surface area contributed by atoms with Gasteiger partial charge in [0.2, 0.25) is 0 Å². The number of anilines is 1. The lowest BCUT2D eigenvalue weighted by Crippen LogP contribution is -2.87. The van der Waals surface area contributed by atoms with Gasteiger partial charge >= 0.3 is 0 Å². The fraction of sp³-hybridized carbons (Fsp3) is 0.222. The predicted molar refractivity (Wildman–Crippen MR) is 93.8 cm³/mol. The number of hydrogen-bond acceptors (Lipinski definition) is 2. The van der Waals surface area contributed by atoms with Gasteiger partial charge in [0.1, 0.15) is 6.04 Å². The number of amides is 1. The molecular formula is C18H19BrN3O+. The van der Waals surface area contributed by atoms with Crippen LogP contribution in [0.4, 0.5) is 5.69 Å². The molecule has 0 aliphatic rings. The quantitative estimate of drug-likeness (QED) is 0.818. The van der Waals surface area contributed by atoms with Gasteiger partial charge in [0.05, 0.1) is 11.6 Å². The molecule has 5 heteroatoms. The highest BCUT2D eigenvalue weighted by molar-refractivity contribution is 9.10. The third-order valence-electron chi connectivity index (χ3n) is 3.60. The molecule has 0 spiro atoms. The van der Waals surface area contributed by atoms with Gasteiger partial charge in [-0.05, 0) is 30.3 Å². The van der Waals surface area contributed by atoms with Gasteiger partial charge in [-0.2, -0.15) is 5.26 Å². The summed E-state index contributed by atoms with van der Waals surface area (Å²) in [5, 5.41) is 13.7. The van der Waals surface area contributed by atoms with E-state index in [2.05, 4.69) is 46.4 Å². The number of nitrogens with two attached hydrogens (primary N) is 1. The molecular weight excluding hydrogens is 354 g/mol. The molecule has 2 aromatic carbocycles. The Morgan fingerprint density at radius 1 is 1.30 bits per heavy atom. The Bertz CT molecular complexity index is 707. The van der Waals surface area contributed by atoms with Crippen LogP contribution in [0.1, 0.15) is 30.5 Å². The Balaban J connectivity index is 1.92. The molecule has 4 nitrogen and oxygen atoms in total. The zero-order valence-corrected chi connectivity index (χ0v) is 14.5. The third kappa shape index (κ3) is 5.20. The highest BCUT2D eigenvalue weighted by Crippen LogP contribution is 2.16. The fourth-order valence-corrected chi connectivity index (χ4v) is 2.64. The van der Waals surface area contributed by atoms with Crippen molar-refractivity contribution in [3.8, 4) is 6.07 Å². The van der Waals surface area contributed by atoms with E-state index in [0.29, 0.717) is 17.8 Å². The first-order chi connectivity index (χ1) is 11.1. The van der Waals surface area contributed by atoms with Gasteiger partial charge in [-0.1, -0.05) is 41.1 Å². The summed E-state index contributed by atoms with van der Waals surface area (Å²) >= 11 is 3.43. The van der Waals surface area contributed by atoms with Crippen LogP contribution in [0.2, 0.25) is 0 Å². The third-order valence-corrected chi connectivity index (χ3v) is 4.13. The van der Waals surface area contributed by atoms with Crippen LogP contribution in [-0.2, 0) is 4.79 Å². The standard InChI is InChI=1S/C18H18BrN3O/c1-2-17(14-6-8-15(19)9-7-14)21-12-18(23)22-16-5-3-4-13(10-16)11-20/h3-10,17,21H,2,12H2,1H3,(H,22,23)/p+1/t17-/m0/s1. The second-order valence-electron chi connectivity index (χ2n) is 5.25. The monoisotopic (exact) mass is 372 g/mol. The molecule has 0 aliphatic carbocycles. The summed E-state index contributed by atoms with van der Waals surface area (Å²) in [6.45, 7) is 2.45. The number of nitrogens with zero attached hydrogens (tertiary/aromatic N) is 1. The molecule has 0 saturated carbocycles. The van der Waals surface area contributed by atoms with Gasteiger partial charge < -0.3 is 10.6 Å². The van der Waals surface area contributed by atoms with Gasteiger partial charge in [-0.3, -0.25) is 4.79 Å². The van der Waals surface area contributed by atoms with E-state index in [9.17, 15) is 4.79 Å². The molecule has 2 rings (SSSR count). The van der Waals surface area contributed by atoms with Gasteiger partial charge in [0, 0.05) is 22.1 Å². The number of nitrogens with one attached hydrogen (secondary N) is 1. The fourth-order valence-electron chi connectivity index (χ4n) is 2.38. The largest absolute Gasteiger partial charge is 0.332 e. The highest BCUT2D eigenvalue weighted by atomic mass is 79.9. The first-order valence-corrected chi connectivity index (χ1v) is 8.30. The second kappa shape index (κ2) is 8.47. The summed E-state index contributed by atoms with van der Waals surface area (Å²) < 4.78 is 1.05. The summed E-state index contributed by atoms with van der Waals surface area (Å²) in [6.07, 6.45) is 0.943. The maximum atomic E-state index is 12.1. The first kappa shape index (κ1) is 17.2. The van der Waals surface area contributed by atoms with Crippen LogP contribution in [0.15, 0.2) is 53.0 Å². The number of quaternary nitrogens is 1. The summed E-state index contributed by atoms with van der Waals surface area (Å²) in [7, 11) is 0. The maximum absolute atomic E-state index is 12.1. The second-order valence-corrected chi connectivity index (χ2v) is 6.16. The number of halogens is 1. The molecule has 2 aromatic rings. The van der Waals surface area contributed by atoms with Crippen molar-refractivity contribution in [1.82, 2.24) is 0 Å². The highest BCUT2D eigenvalue weighted by Gasteiger charge is 2.14. The normalized spacial score (nSPS) is 11.5. The van der Waals surface area contributed by atoms with Crippen LogP contribution < -0.4 is 10.6 Å². The van der Waals surface area contributed by atoms with E-state index in [4.69, 9.17) is 5.26 Å². The van der Waals surface area contributed by atoms with Crippen molar-refractivity contribution in [3.63, 3.8) is 0 Å². The number of carbonyl (C=O) groups is 1. The summed E-state index contributed by atoms with van der Waals surface area (Å²) in [6, 6.07) is 17.4. The lowest BCUT2D eigenvalue weighted by Gasteiger charge is -2.14. The molecule has 0 saturated heterocycles. The Hall–Kier alpha value is -2.16. The molecule has 0 unspecified atom stereocenters. The molecule has 1 amide bonds. The van der Waals surface area contributed by atoms with E-state index >= 15 is 0 Å². The lowest BCUT2D eigenvalue weighted by molar-refractivity contribution is -0.686. The summed E-state index contributed by atoms with van der Waals surface area (Å²) in [5.74, 6) is -0.0735. The van der Waals surface area contributed by atoms with Crippen LogP contribution in [0.3, 0.4) is 0 Å². The Labute approximate surface area is 144 Å². The SMILES string of the molecule is CC[C@H]([NH2+]CC(=O)Nc1cccc(C#N)c1)c1ccc(Br)cc1. The minimum Gasteiger partial charge on any atom is -0.332 e. The van der Waals surface area contributed by atoms with Crippen LogP contribution in [0.5, 0.6) is 0 Å². The van der Waals surface area contributed by atoms with Gasteiger partial charge in [-0.25, -0.2) is 0 Å². The van der Waals surface area contributed by atoms with Crippen molar-refractivity contribution in [2.45, 2.75) is 19.4 Å². The van der Waals surface area contributed by atoms with Crippen LogP contribution in [-0.4, -0.2) is 12.5 Å². The van der Waals surface area contributed by atoms with E-state index in [0.717, 1.165) is 10.9 Å². The minimum absolute atomic E-state index is 0.0735. The number of rotatable bonds is 6. The molecule has 0 aromatic heterocycles. The number of carbonyl (C=O) groups excluding carboxylic acids is 1. The van der Waals surface area contributed by atoms with Crippen molar-refractivity contribution in [2.24, 2.45) is 0 Å². The van der Waals surface area contributed by atoms with Crippen molar-refractivity contribution >= 4 is 27.5 Å². The van der Waals surface area contributed by atoms with Crippen molar-refractivity contribution in [1.29, 1.82) is 5.26 Å². The molecule has 3 N–H and O–H groups in total. The zero-order valence-electron chi connectivity index (χ0n) is 12.9. The lowest BCUT2D eigenvalue weighted by atomic mass is 10.0. The minimum atomic E-state index is -0.0735. The molecule has 0 aliphatic heterocycles. The van der Waals surface area contributed by atoms with Crippen LogP contribution in [0.25, 0.3) is 0 Å². The van der Waals surface area contributed by atoms with E-state index in [1.807, 2.05) is 17.4 Å². The van der Waals surface area contributed by atoms with Gasteiger partial charge in [0.25, 0.3) is 5.91 Å². The molecule has 1 atom stereocenters. The predicted octanol–water partition coefficient (Wildman–Crippen LogP) is 2.97. The summed E-state index contributed by atoms with van der Waals surface area (Å²) in [5.41, 5.74) is 2.39. The first-order valence-electron chi connectivity index (χ1n) is 7.51. The molecule has 0 bridgehead atoms. The molecule has 0 radical (unpaired) electrons. The van der Waals surface area contributed by atoms with E-state index in [1.54, 1.807) is 24.3 Å². The van der Waals surface area contributed by atoms with E-state index in [1.165, 1.54) is 5.56 Å². The van der Waals surface area contributed by atoms with E-state index < -0.39 is 0 Å². The average molecular weight is 373 g/mol. The number of hydrogen-bond donors (Lipinski definition) is 2. The zero-order chi connectivity index (χ0) is 16.7. The van der Waals surface area contributed by atoms with Gasteiger partial charge in [0.15, 0.2) is 6.54 Å². The van der Waals surface area contributed by atoms with E-state index in [-0.39, 0.29) is 11.9 Å². The topological polar surface area (TPSA) is 69.5 Å².